The van der Waals surface area contributed by atoms with Gasteiger partial charge in [-0.05, 0) is 48.0 Å². The highest BCUT2D eigenvalue weighted by Gasteiger charge is 2.35. The highest BCUT2D eigenvalue weighted by Crippen LogP contribution is 2.40. The summed E-state index contributed by atoms with van der Waals surface area (Å²) in [4.78, 5) is 20.5. The number of rotatable bonds is 5. The van der Waals surface area contributed by atoms with Crippen LogP contribution >= 0.6 is 23.2 Å². The number of hydrogen-bond donors (Lipinski definition) is 1. The number of aromatic amines is 1. The molecule has 2 heterocycles. The molecule has 4 rings (SSSR count). The summed E-state index contributed by atoms with van der Waals surface area (Å²) in [6.07, 6.45) is -2.80. The van der Waals surface area contributed by atoms with Crippen LogP contribution in [0.1, 0.15) is 36.0 Å². The predicted octanol–water partition coefficient (Wildman–Crippen LogP) is 6.18. The zero-order chi connectivity index (χ0) is 23.8. The third-order valence-electron chi connectivity index (χ3n) is 6.30. The molecule has 0 aliphatic carbocycles. The van der Waals surface area contributed by atoms with Crippen molar-refractivity contribution in [1.82, 2.24) is 14.8 Å². The summed E-state index contributed by atoms with van der Waals surface area (Å²) in [5.74, 6) is -0.678. The third-order valence-corrected chi connectivity index (χ3v) is 6.87. The smallest absolute Gasteiger partial charge is 0.361 e. The molecule has 1 saturated heterocycles. The summed E-state index contributed by atoms with van der Waals surface area (Å²) < 4.78 is 40.7. The van der Waals surface area contributed by atoms with Crippen LogP contribution in [0.2, 0.25) is 10.0 Å². The van der Waals surface area contributed by atoms with Crippen molar-refractivity contribution in [2.24, 2.45) is 0 Å². The molecule has 1 aliphatic heterocycles. The molecule has 2 aromatic carbocycles. The minimum absolute atomic E-state index is 0.0462. The molecule has 0 radical (unpaired) electrons. The highest BCUT2D eigenvalue weighted by molar-refractivity contribution is 6.31. The largest absolute Gasteiger partial charge is 0.417 e. The molecule has 0 bridgehead atoms. The lowest BCUT2D eigenvalue weighted by Crippen LogP contribution is -2.48. The number of carbonyl (C=O) groups excluding carboxylic acids is 1. The van der Waals surface area contributed by atoms with Crippen LogP contribution in [0.3, 0.4) is 0 Å². The first kappa shape index (κ1) is 23.9. The standard InChI is InChI=1S/C24H24Cl2F3N3O/c1-2-31-7-9-32(10-8-31)23(33)13-17(15-3-5-21(26)20(11-15)24(27,28)29)19-14-30-22-6-4-16(25)12-18(19)22/h3-6,11-12,14,17,30H,2,7-10,13H2,1H3. The molecule has 1 N–H and O–H groups in total. The number of fused-ring (bicyclic) bond motifs is 1. The molecule has 176 valence electrons. The van der Waals surface area contributed by atoms with E-state index in [0.717, 1.165) is 42.2 Å². The number of nitrogens with zero attached hydrogens (tertiary/aromatic N) is 2. The molecular formula is C24H24Cl2F3N3O. The Balaban J connectivity index is 1.73. The lowest BCUT2D eigenvalue weighted by Gasteiger charge is -2.35. The van der Waals surface area contributed by atoms with E-state index in [1.165, 1.54) is 6.07 Å². The normalized spacial score (nSPS) is 16.4. The van der Waals surface area contributed by atoms with Crippen LogP contribution in [0.15, 0.2) is 42.6 Å². The minimum atomic E-state index is -4.60. The summed E-state index contributed by atoms with van der Waals surface area (Å²) in [5.41, 5.74) is 0.999. The first-order valence-corrected chi connectivity index (χ1v) is 11.6. The molecule has 33 heavy (non-hydrogen) atoms. The van der Waals surface area contributed by atoms with E-state index in [1.807, 2.05) is 6.07 Å². The number of piperazine rings is 1. The van der Waals surface area contributed by atoms with E-state index in [-0.39, 0.29) is 17.4 Å². The lowest BCUT2D eigenvalue weighted by atomic mass is 9.87. The van der Waals surface area contributed by atoms with Gasteiger partial charge in [-0.3, -0.25) is 4.79 Å². The lowest BCUT2D eigenvalue weighted by molar-refractivity contribution is -0.137. The van der Waals surface area contributed by atoms with Gasteiger partial charge in [0.2, 0.25) is 5.91 Å². The topological polar surface area (TPSA) is 39.3 Å². The monoisotopic (exact) mass is 497 g/mol. The molecule has 4 nitrogen and oxygen atoms in total. The summed E-state index contributed by atoms with van der Waals surface area (Å²) in [7, 11) is 0. The van der Waals surface area contributed by atoms with Gasteiger partial charge in [0.15, 0.2) is 0 Å². The average molecular weight is 498 g/mol. The van der Waals surface area contributed by atoms with Gasteiger partial charge in [0, 0.05) is 60.6 Å². The quantitative estimate of drug-likeness (QED) is 0.457. The number of halogens is 5. The van der Waals surface area contributed by atoms with Crippen LogP contribution in [0.5, 0.6) is 0 Å². The van der Waals surface area contributed by atoms with Crippen LogP contribution in [0, 0.1) is 0 Å². The van der Waals surface area contributed by atoms with Gasteiger partial charge in [0.05, 0.1) is 10.6 Å². The summed E-state index contributed by atoms with van der Waals surface area (Å²) in [6, 6.07) is 9.18. The van der Waals surface area contributed by atoms with E-state index in [0.29, 0.717) is 23.7 Å². The van der Waals surface area contributed by atoms with Crippen molar-refractivity contribution in [3.63, 3.8) is 0 Å². The summed E-state index contributed by atoms with van der Waals surface area (Å²) in [6.45, 7) is 5.78. The maximum Gasteiger partial charge on any atom is 0.417 e. The number of likely N-dealkylation sites (N-methyl/N-ethyl adjacent to an activating group) is 1. The van der Waals surface area contributed by atoms with Crippen LogP contribution in [-0.2, 0) is 11.0 Å². The SMILES string of the molecule is CCN1CCN(C(=O)CC(c2ccc(Cl)c(C(F)(F)F)c2)c2c[nH]c3ccc(Cl)cc23)CC1. The maximum absolute atomic E-state index is 13.6. The molecule has 3 aromatic rings. The molecule has 1 aliphatic rings. The molecule has 1 atom stereocenters. The molecule has 1 fully saturated rings. The summed E-state index contributed by atoms with van der Waals surface area (Å²) in [5, 5.41) is 0.921. The second kappa shape index (κ2) is 9.57. The Labute approximate surface area is 200 Å². The molecule has 1 unspecified atom stereocenters. The number of alkyl halides is 3. The van der Waals surface area contributed by atoms with Crippen molar-refractivity contribution in [2.45, 2.75) is 25.4 Å². The fourth-order valence-corrected chi connectivity index (χ4v) is 4.80. The number of carbonyl (C=O) groups is 1. The second-order valence-corrected chi connectivity index (χ2v) is 9.09. The summed E-state index contributed by atoms with van der Waals surface area (Å²) >= 11 is 12.1. The van der Waals surface area contributed by atoms with E-state index in [9.17, 15) is 18.0 Å². The van der Waals surface area contributed by atoms with E-state index < -0.39 is 17.7 Å². The molecule has 1 aromatic heterocycles. The van der Waals surface area contributed by atoms with Gasteiger partial charge < -0.3 is 14.8 Å². The number of hydrogen-bond acceptors (Lipinski definition) is 2. The average Bonchev–Trinajstić information content (AvgIpc) is 3.20. The Morgan fingerprint density at radius 3 is 2.48 bits per heavy atom. The highest BCUT2D eigenvalue weighted by atomic mass is 35.5. The first-order valence-electron chi connectivity index (χ1n) is 10.8. The van der Waals surface area contributed by atoms with E-state index in [4.69, 9.17) is 23.2 Å². The first-order chi connectivity index (χ1) is 15.7. The van der Waals surface area contributed by atoms with Gasteiger partial charge in [0.1, 0.15) is 0 Å². The molecule has 9 heteroatoms. The Hall–Kier alpha value is -2.22. The second-order valence-electron chi connectivity index (χ2n) is 8.24. The Morgan fingerprint density at radius 1 is 1.09 bits per heavy atom. The van der Waals surface area contributed by atoms with Gasteiger partial charge >= 0.3 is 6.18 Å². The van der Waals surface area contributed by atoms with Crippen molar-refractivity contribution >= 4 is 40.0 Å². The van der Waals surface area contributed by atoms with E-state index >= 15 is 0 Å². The van der Waals surface area contributed by atoms with Crippen molar-refractivity contribution in [3.05, 3.63) is 69.3 Å². The number of aromatic nitrogens is 1. The van der Waals surface area contributed by atoms with Gasteiger partial charge in [-0.1, -0.05) is 36.2 Å². The van der Waals surface area contributed by atoms with Gasteiger partial charge in [-0.2, -0.15) is 13.2 Å². The zero-order valence-corrected chi connectivity index (χ0v) is 19.6. The van der Waals surface area contributed by atoms with Crippen molar-refractivity contribution in [2.75, 3.05) is 32.7 Å². The van der Waals surface area contributed by atoms with Crippen LogP contribution < -0.4 is 0 Å². The predicted molar refractivity (Wildman–Crippen MR) is 125 cm³/mol. The third kappa shape index (κ3) is 5.15. The van der Waals surface area contributed by atoms with Crippen molar-refractivity contribution in [1.29, 1.82) is 0 Å². The molecule has 0 saturated carbocycles. The van der Waals surface area contributed by atoms with Crippen molar-refractivity contribution in [3.8, 4) is 0 Å². The number of nitrogens with one attached hydrogen (secondary N) is 1. The Morgan fingerprint density at radius 2 is 1.82 bits per heavy atom. The van der Waals surface area contributed by atoms with Crippen molar-refractivity contribution < 1.29 is 18.0 Å². The van der Waals surface area contributed by atoms with Crippen LogP contribution in [-0.4, -0.2) is 53.4 Å². The Bertz CT molecular complexity index is 1150. The zero-order valence-electron chi connectivity index (χ0n) is 18.1. The van der Waals surface area contributed by atoms with Crippen LogP contribution in [0.25, 0.3) is 10.9 Å². The minimum Gasteiger partial charge on any atom is -0.361 e. The van der Waals surface area contributed by atoms with Gasteiger partial charge in [-0.15, -0.1) is 0 Å². The van der Waals surface area contributed by atoms with Gasteiger partial charge in [-0.25, -0.2) is 0 Å². The fraction of sp³-hybridized carbons (Fsp3) is 0.375. The molecule has 0 spiro atoms. The fourth-order valence-electron chi connectivity index (χ4n) is 4.40. The Kier molecular flexibility index (Phi) is 6.93. The van der Waals surface area contributed by atoms with E-state index in [1.54, 1.807) is 29.3 Å². The number of benzene rings is 2. The maximum atomic E-state index is 13.6. The van der Waals surface area contributed by atoms with E-state index in [2.05, 4.69) is 16.8 Å². The number of H-pyrrole nitrogens is 1. The molecular weight excluding hydrogens is 474 g/mol. The molecule has 1 amide bonds. The van der Waals surface area contributed by atoms with Crippen LogP contribution in [0.4, 0.5) is 13.2 Å². The van der Waals surface area contributed by atoms with Gasteiger partial charge in [0.25, 0.3) is 0 Å². The number of amides is 1.